The molecule has 0 bridgehead atoms. The van der Waals surface area contributed by atoms with Crippen LogP contribution in [0.5, 0.6) is 5.88 Å². The predicted molar refractivity (Wildman–Crippen MR) is 84.3 cm³/mol. The zero-order chi connectivity index (χ0) is 14.8. The van der Waals surface area contributed by atoms with Crippen molar-refractivity contribution in [3.05, 3.63) is 18.0 Å². The van der Waals surface area contributed by atoms with Gasteiger partial charge in [-0.05, 0) is 32.5 Å². The van der Waals surface area contributed by atoms with Gasteiger partial charge in [-0.3, -0.25) is 0 Å². The van der Waals surface area contributed by atoms with Crippen molar-refractivity contribution < 1.29 is 4.74 Å². The minimum atomic E-state index is 0.409. The minimum absolute atomic E-state index is 0.409. The Bertz CT molecular complexity index is 627. The molecule has 3 rings (SSSR count). The van der Waals surface area contributed by atoms with E-state index in [0.29, 0.717) is 17.8 Å². The third-order valence-electron chi connectivity index (χ3n) is 4.08. The molecular formula is C15H21ClN4O. The molecule has 2 aromatic heterocycles. The number of piperidine rings is 1. The van der Waals surface area contributed by atoms with Gasteiger partial charge < -0.3 is 14.2 Å². The van der Waals surface area contributed by atoms with Crippen LogP contribution in [-0.4, -0.2) is 52.6 Å². The van der Waals surface area contributed by atoms with Crippen molar-refractivity contribution in [3.8, 4) is 5.88 Å². The van der Waals surface area contributed by atoms with Crippen LogP contribution >= 0.6 is 11.6 Å². The van der Waals surface area contributed by atoms with Gasteiger partial charge >= 0.3 is 0 Å². The first-order valence-electron chi connectivity index (χ1n) is 7.39. The molecule has 114 valence electrons. The molecule has 2 aromatic rings. The number of ether oxygens (including phenoxy) is 1. The Balaban J connectivity index is 2.09. The highest BCUT2D eigenvalue weighted by atomic mass is 35.5. The van der Waals surface area contributed by atoms with E-state index in [1.54, 1.807) is 7.11 Å². The number of likely N-dealkylation sites (tertiary alicyclic amines) is 1. The quantitative estimate of drug-likeness (QED) is 0.814. The van der Waals surface area contributed by atoms with Crippen LogP contribution in [-0.2, 0) is 6.42 Å². The van der Waals surface area contributed by atoms with E-state index < -0.39 is 0 Å². The Kier molecular flexibility index (Phi) is 4.31. The lowest BCUT2D eigenvalue weighted by Gasteiger charge is -2.31. The summed E-state index contributed by atoms with van der Waals surface area (Å²) in [4.78, 5) is 11.7. The third-order valence-corrected chi connectivity index (χ3v) is 4.27. The first-order chi connectivity index (χ1) is 10.2. The van der Waals surface area contributed by atoms with Crippen molar-refractivity contribution in [2.24, 2.45) is 0 Å². The Morgan fingerprint density at radius 1 is 1.38 bits per heavy atom. The molecule has 1 atom stereocenters. The summed E-state index contributed by atoms with van der Waals surface area (Å²) in [6, 6.07) is 4.24. The molecule has 0 aliphatic carbocycles. The molecule has 1 aliphatic heterocycles. The number of aryl methyl sites for hydroxylation is 1. The number of rotatable bonds is 4. The molecular weight excluding hydrogens is 288 g/mol. The maximum atomic E-state index is 5.95. The van der Waals surface area contributed by atoms with Crippen LogP contribution in [0.15, 0.2) is 12.1 Å². The van der Waals surface area contributed by atoms with E-state index in [1.807, 2.05) is 12.1 Å². The summed E-state index contributed by atoms with van der Waals surface area (Å²) in [6.45, 7) is 2.18. The van der Waals surface area contributed by atoms with Gasteiger partial charge in [-0.1, -0.05) is 0 Å². The maximum Gasteiger partial charge on any atom is 0.215 e. The van der Waals surface area contributed by atoms with Gasteiger partial charge in [-0.2, -0.15) is 4.98 Å². The number of imidazole rings is 1. The van der Waals surface area contributed by atoms with E-state index in [4.69, 9.17) is 21.3 Å². The summed E-state index contributed by atoms with van der Waals surface area (Å²) in [7, 11) is 3.81. The molecule has 0 spiro atoms. The molecule has 0 saturated carbocycles. The molecule has 3 heterocycles. The molecule has 1 aliphatic rings. The molecule has 21 heavy (non-hydrogen) atoms. The maximum absolute atomic E-state index is 5.95. The number of likely N-dealkylation sites (N-methyl/N-ethyl adjacent to an activating group) is 1. The lowest BCUT2D eigenvalue weighted by Crippen LogP contribution is -2.34. The second-order valence-corrected chi connectivity index (χ2v) is 5.97. The van der Waals surface area contributed by atoms with Crippen molar-refractivity contribution in [3.63, 3.8) is 0 Å². The molecule has 0 N–H and O–H groups in total. The second kappa shape index (κ2) is 6.20. The molecule has 1 saturated heterocycles. The van der Waals surface area contributed by atoms with E-state index >= 15 is 0 Å². The number of halogens is 1. The normalized spacial score (nSPS) is 20.0. The lowest BCUT2D eigenvalue weighted by atomic mass is 10.1. The van der Waals surface area contributed by atoms with Crippen molar-refractivity contribution in [1.29, 1.82) is 0 Å². The highest BCUT2D eigenvalue weighted by Crippen LogP contribution is 2.28. The molecule has 0 aromatic carbocycles. The van der Waals surface area contributed by atoms with Gasteiger partial charge in [0.2, 0.25) is 5.88 Å². The fourth-order valence-electron chi connectivity index (χ4n) is 3.11. The highest BCUT2D eigenvalue weighted by Gasteiger charge is 2.24. The third kappa shape index (κ3) is 2.85. The topological polar surface area (TPSA) is 43.2 Å². The zero-order valence-electron chi connectivity index (χ0n) is 12.5. The van der Waals surface area contributed by atoms with Crippen LogP contribution in [0.1, 0.15) is 24.7 Å². The average Bonchev–Trinajstić information content (AvgIpc) is 2.84. The van der Waals surface area contributed by atoms with Gasteiger partial charge in [0, 0.05) is 31.0 Å². The first kappa shape index (κ1) is 14.6. The van der Waals surface area contributed by atoms with Crippen molar-refractivity contribution >= 4 is 22.8 Å². The summed E-state index contributed by atoms with van der Waals surface area (Å²) in [6.07, 6.45) is 3.12. The van der Waals surface area contributed by atoms with Gasteiger partial charge in [0.1, 0.15) is 11.3 Å². The fourth-order valence-corrected chi connectivity index (χ4v) is 3.28. The summed E-state index contributed by atoms with van der Waals surface area (Å²) in [5.74, 6) is 2.23. The average molecular weight is 309 g/mol. The second-order valence-electron chi connectivity index (χ2n) is 5.59. The smallest absolute Gasteiger partial charge is 0.215 e. The Morgan fingerprint density at radius 2 is 2.24 bits per heavy atom. The van der Waals surface area contributed by atoms with Gasteiger partial charge in [0.15, 0.2) is 5.65 Å². The highest BCUT2D eigenvalue weighted by molar-refractivity contribution is 6.17. The molecule has 6 heteroatoms. The van der Waals surface area contributed by atoms with Crippen LogP contribution < -0.4 is 4.74 Å². The number of methoxy groups -OCH3 is 1. The van der Waals surface area contributed by atoms with Gasteiger partial charge in [0.05, 0.1) is 7.11 Å². The Labute approximate surface area is 129 Å². The minimum Gasteiger partial charge on any atom is -0.481 e. The van der Waals surface area contributed by atoms with E-state index in [0.717, 1.165) is 42.9 Å². The van der Waals surface area contributed by atoms with Gasteiger partial charge in [0.25, 0.3) is 0 Å². The van der Waals surface area contributed by atoms with Crippen molar-refractivity contribution in [1.82, 2.24) is 19.4 Å². The largest absolute Gasteiger partial charge is 0.481 e. The van der Waals surface area contributed by atoms with Gasteiger partial charge in [-0.15, -0.1) is 11.6 Å². The summed E-state index contributed by atoms with van der Waals surface area (Å²) in [5.41, 5.74) is 1.83. The van der Waals surface area contributed by atoms with Crippen LogP contribution in [0, 0.1) is 0 Å². The van der Waals surface area contributed by atoms with E-state index in [-0.39, 0.29) is 0 Å². The number of aromatic nitrogens is 3. The molecule has 1 fully saturated rings. The lowest BCUT2D eigenvalue weighted by molar-refractivity contribution is 0.212. The standard InChI is InChI=1S/C15H21ClN4O/c1-19-9-3-4-11(10-19)20-13(7-8-16)17-12-5-6-14(21-2)18-15(12)20/h5-6,11H,3-4,7-10H2,1-2H3. The van der Waals surface area contributed by atoms with Crippen LogP contribution in [0.4, 0.5) is 0 Å². The first-order valence-corrected chi connectivity index (χ1v) is 7.92. The predicted octanol–water partition coefficient (Wildman–Crippen LogP) is 2.49. The van der Waals surface area contributed by atoms with Crippen LogP contribution in [0.25, 0.3) is 11.2 Å². The number of hydrogen-bond donors (Lipinski definition) is 0. The number of pyridine rings is 1. The van der Waals surface area contributed by atoms with Crippen molar-refractivity contribution in [2.45, 2.75) is 25.3 Å². The number of nitrogens with zero attached hydrogens (tertiary/aromatic N) is 4. The number of fused-ring (bicyclic) bond motifs is 1. The molecule has 0 radical (unpaired) electrons. The SMILES string of the molecule is COc1ccc2nc(CCCl)n(C3CCCN(C)C3)c2n1. The van der Waals surface area contributed by atoms with Crippen LogP contribution in [0.3, 0.4) is 0 Å². The fraction of sp³-hybridized carbons (Fsp3) is 0.600. The van der Waals surface area contributed by atoms with E-state index in [2.05, 4.69) is 21.5 Å². The summed E-state index contributed by atoms with van der Waals surface area (Å²) >= 11 is 5.95. The Hall–Kier alpha value is -1.33. The number of hydrogen-bond acceptors (Lipinski definition) is 4. The monoisotopic (exact) mass is 308 g/mol. The van der Waals surface area contributed by atoms with Crippen LogP contribution in [0.2, 0.25) is 0 Å². The van der Waals surface area contributed by atoms with E-state index in [1.165, 1.54) is 6.42 Å². The molecule has 5 nitrogen and oxygen atoms in total. The molecule has 0 amide bonds. The summed E-state index contributed by atoms with van der Waals surface area (Å²) in [5, 5.41) is 0. The summed E-state index contributed by atoms with van der Waals surface area (Å²) < 4.78 is 7.54. The number of alkyl halides is 1. The van der Waals surface area contributed by atoms with E-state index in [9.17, 15) is 0 Å². The Morgan fingerprint density at radius 3 is 2.95 bits per heavy atom. The van der Waals surface area contributed by atoms with Crippen molar-refractivity contribution in [2.75, 3.05) is 33.1 Å². The van der Waals surface area contributed by atoms with Gasteiger partial charge in [-0.25, -0.2) is 4.98 Å². The zero-order valence-corrected chi connectivity index (χ0v) is 13.3. The molecule has 1 unspecified atom stereocenters.